The maximum atomic E-state index is 9.27. The van der Waals surface area contributed by atoms with E-state index < -0.39 is 0 Å². The van der Waals surface area contributed by atoms with Crippen molar-refractivity contribution in [2.45, 2.75) is 24.0 Å². The van der Waals surface area contributed by atoms with E-state index in [1.54, 1.807) is 0 Å². The molecule has 0 amide bonds. The summed E-state index contributed by atoms with van der Waals surface area (Å²) in [6.07, 6.45) is 0. The minimum Gasteiger partial charge on any atom is -0.333 e. The van der Waals surface area contributed by atoms with E-state index in [0.717, 1.165) is 27.4 Å². The van der Waals surface area contributed by atoms with Crippen LogP contribution < -0.4 is 0 Å². The van der Waals surface area contributed by atoms with Crippen LogP contribution in [0.4, 0.5) is 0 Å². The predicted molar refractivity (Wildman–Crippen MR) is 78.6 cm³/mol. The molecule has 0 aliphatic carbocycles. The zero-order chi connectivity index (χ0) is 14.1. The molecule has 0 radical (unpaired) electrons. The summed E-state index contributed by atoms with van der Waals surface area (Å²) in [5, 5.41) is 10.7. The number of nitrogens with zero attached hydrogens (tertiary/aromatic N) is 3. The number of rotatable bonds is 2. The molecule has 1 N–H and O–H groups in total. The van der Waals surface area contributed by atoms with Gasteiger partial charge in [-0.1, -0.05) is 12.1 Å². The van der Waals surface area contributed by atoms with Crippen LogP contribution in [0.1, 0.15) is 16.8 Å². The summed E-state index contributed by atoms with van der Waals surface area (Å²) in [5.41, 5.74) is 4.36. The molecular weight excluding hydrogens is 268 g/mol. The molecule has 2 heterocycles. The number of H-pyrrole nitrogens is 1. The lowest BCUT2D eigenvalue weighted by Gasteiger charge is -2.05. The van der Waals surface area contributed by atoms with E-state index in [-0.39, 0.29) is 0 Å². The molecule has 98 valence electrons. The molecule has 3 aromatic rings. The molecule has 3 rings (SSSR count). The molecule has 20 heavy (non-hydrogen) atoms. The van der Waals surface area contributed by atoms with Crippen LogP contribution in [-0.4, -0.2) is 15.0 Å². The topological polar surface area (TPSA) is 65.4 Å². The molecule has 0 aliphatic heterocycles. The first-order valence-electron chi connectivity index (χ1n) is 6.18. The van der Waals surface area contributed by atoms with Crippen molar-refractivity contribution in [3.8, 4) is 6.07 Å². The molecule has 0 fully saturated rings. The van der Waals surface area contributed by atoms with Crippen molar-refractivity contribution >= 4 is 22.8 Å². The van der Waals surface area contributed by atoms with Crippen molar-refractivity contribution in [2.24, 2.45) is 0 Å². The third-order valence-electron chi connectivity index (χ3n) is 2.98. The Hall–Kier alpha value is -2.32. The van der Waals surface area contributed by atoms with Crippen LogP contribution >= 0.6 is 11.8 Å². The number of pyridine rings is 1. The molecule has 4 nitrogen and oxygen atoms in total. The lowest BCUT2D eigenvalue weighted by atomic mass is 10.1. The second-order valence-electron chi connectivity index (χ2n) is 4.53. The standard InChI is InChI=1S/C15H12N4S/c1-9-7-10(2)17-14(11(9)8-16)20-15-18-12-5-3-4-6-13(12)19-15/h3-7H,1-2H3,(H,18,19). The highest BCUT2D eigenvalue weighted by Crippen LogP contribution is 2.29. The summed E-state index contributed by atoms with van der Waals surface area (Å²) in [7, 11) is 0. The highest BCUT2D eigenvalue weighted by atomic mass is 32.2. The molecule has 0 saturated carbocycles. The van der Waals surface area contributed by atoms with Gasteiger partial charge in [-0.3, -0.25) is 0 Å². The number of imidazole rings is 1. The van der Waals surface area contributed by atoms with Gasteiger partial charge in [0.25, 0.3) is 0 Å². The van der Waals surface area contributed by atoms with E-state index in [0.29, 0.717) is 10.6 Å². The lowest BCUT2D eigenvalue weighted by molar-refractivity contribution is 1.01. The van der Waals surface area contributed by atoms with Crippen molar-refractivity contribution in [1.82, 2.24) is 15.0 Å². The Labute approximate surface area is 120 Å². The monoisotopic (exact) mass is 280 g/mol. The summed E-state index contributed by atoms with van der Waals surface area (Å²) >= 11 is 1.39. The van der Waals surface area contributed by atoms with E-state index in [1.807, 2.05) is 44.2 Å². The molecule has 1 aromatic carbocycles. The molecule has 0 aliphatic rings. The Morgan fingerprint density at radius 1 is 1.20 bits per heavy atom. The van der Waals surface area contributed by atoms with Crippen LogP contribution in [0.2, 0.25) is 0 Å². The molecule has 0 bridgehead atoms. The molecule has 2 aromatic heterocycles. The maximum absolute atomic E-state index is 9.27. The van der Waals surface area contributed by atoms with Gasteiger partial charge in [-0.2, -0.15) is 5.26 Å². The second kappa shape index (κ2) is 4.99. The van der Waals surface area contributed by atoms with Gasteiger partial charge in [0.05, 0.1) is 16.6 Å². The van der Waals surface area contributed by atoms with Gasteiger partial charge in [0, 0.05) is 5.69 Å². The van der Waals surface area contributed by atoms with Gasteiger partial charge in [-0.15, -0.1) is 0 Å². The number of fused-ring (bicyclic) bond motifs is 1. The highest BCUT2D eigenvalue weighted by Gasteiger charge is 2.12. The number of aromatic nitrogens is 3. The summed E-state index contributed by atoms with van der Waals surface area (Å²) in [6.45, 7) is 3.85. The van der Waals surface area contributed by atoms with Gasteiger partial charge in [0.15, 0.2) is 5.16 Å². The van der Waals surface area contributed by atoms with Gasteiger partial charge in [-0.05, 0) is 49.4 Å². The van der Waals surface area contributed by atoms with Crippen molar-refractivity contribution in [2.75, 3.05) is 0 Å². The average Bonchev–Trinajstić information content (AvgIpc) is 2.80. The van der Waals surface area contributed by atoms with Crippen LogP contribution in [0.5, 0.6) is 0 Å². The van der Waals surface area contributed by atoms with E-state index in [2.05, 4.69) is 21.0 Å². The van der Waals surface area contributed by atoms with E-state index in [4.69, 9.17) is 0 Å². The largest absolute Gasteiger partial charge is 0.333 e. The molecule has 5 heteroatoms. The number of benzene rings is 1. The number of nitriles is 1. The Morgan fingerprint density at radius 2 is 2.00 bits per heavy atom. The fourth-order valence-electron chi connectivity index (χ4n) is 2.08. The van der Waals surface area contributed by atoms with E-state index >= 15 is 0 Å². The minimum absolute atomic E-state index is 0.612. The molecule has 0 atom stereocenters. The molecule has 0 saturated heterocycles. The Kier molecular flexibility index (Phi) is 3.17. The van der Waals surface area contributed by atoms with Gasteiger partial charge >= 0.3 is 0 Å². The molecular formula is C15H12N4S. The first-order valence-corrected chi connectivity index (χ1v) is 7.00. The van der Waals surface area contributed by atoms with Gasteiger partial charge < -0.3 is 4.98 Å². The van der Waals surface area contributed by atoms with Crippen LogP contribution in [0.3, 0.4) is 0 Å². The van der Waals surface area contributed by atoms with Crippen LogP contribution in [0.15, 0.2) is 40.5 Å². The zero-order valence-electron chi connectivity index (χ0n) is 11.1. The smallest absolute Gasteiger partial charge is 0.172 e. The number of nitrogens with one attached hydrogen (secondary N) is 1. The van der Waals surface area contributed by atoms with Crippen LogP contribution in [-0.2, 0) is 0 Å². The Bertz CT molecular complexity index is 796. The van der Waals surface area contributed by atoms with E-state index in [9.17, 15) is 5.26 Å². The summed E-state index contributed by atoms with van der Waals surface area (Å²) in [4.78, 5) is 12.2. The van der Waals surface area contributed by atoms with Crippen molar-refractivity contribution < 1.29 is 0 Å². The Balaban J connectivity index is 2.05. The van der Waals surface area contributed by atoms with Gasteiger partial charge in [-0.25, -0.2) is 9.97 Å². The SMILES string of the molecule is Cc1cc(C)c(C#N)c(Sc2nc3ccccc3[nH]2)n1. The number of para-hydroxylation sites is 2. The van der Waals surface area contributed by atoms with Crippen molar-refractivity contribution in [3.05, 3.63) is 47.2 Å². The summed E-state index contributed by atoms with van der Waals surface area (Å²) in [5.74, 6) is 0. The lowest BCUT2D eigenvalue weighted by Crippen LogP contribution is -1.94. The first-order chi connectivity index (χ1) is 9.67. The Morgan fingerprint density at radius 3 is 2.75 bits per heavy atom. The van der Waals surface area contributed by atoms with Crippen LogP contribution in [0, 0.1) is 25.2 Å². The summed E-state index contributed by atoms with van der Waals surface area (Å²) in [6, 6.07) is 12.0. The first kappa shape index (κ1) is 12.7. The highest BCUT2D eigenvalue weighted by molar-refractivity contribution is 7.99. The minimum atomic E-state index is 0.612. The second-order valence-corrected chi connectivity index (χ2v) is 5.51. The van der Waals surface area contributed by atoms with Gasteiger partial charge in [0.1, 0.15) is 11.1 Å². The normalized spacial score (nSPS) is 10.7. The van der Waals surface area contributed by atoms with Crippen LogP contribution in [0.25, 0.3) is 11.0 Å². The van der Waals surface area contributed by atoms with Crippen molar-refractivity contribution in [1.29, 1.82) is 5.26 Å². The number of aromatic amines is 1. The fraction of sp³-hybridized carbons (Fsp3) is 0.133. The number of aryl methyl sites for hydroxylation is 2. The molecule has 0 unspecified atom stereocenters. The fourth-order valence-corrected chi connectivity index (χ4v) is 3.07. The zero-order valence-corrected chi connectivity index (χ0v) is 12.0. The summed E-state index contributed by atoms with van der Waals surface area (Å²) < 4.78 is 0. The third kappa shape index (κ3) is 2.26. The quantitative estimate of drug-likeness (QED) is 0.779. The predicted octanol–water partition coefficient (Wildman–Crippen LogP) is 3.60. The van der Waals surface area contributed by atoms with E-state index in [1.165, 1.54) is 11.8 Å². The number of hydrogen-bond acceptors (Lipinski definition) is 4. The van der Waals surface area contributed by atoms with Gasteiger partial charge in [0.2, 0.25) is 0 Å². The number of hydrogen-bond donors (Lipinski definition) is 1. The average molecular weight is 280 g/mol. The third-order valence-corrected chi connectivity index (χ3v) is 3.86. The maximum Gasteiger partial charge on any atom is 0.172 e. The molecule has 0 spiro atoms. The van der Waals surface area contributed by atoms with Crippen molar-refractivity contribution in [3.63, 3.8) is 0 Å².